The van der Waals surface area contributed by atoms with E-state index in [4.69, 9.17) is 9.47 Å². The Labute approximate surface area is 124 Å². The highest BCUT2D eigenvalue weighted by Crippen LogP contribution is 2.18. The van der Waals surface area contributed by atoms with Gasteiger partial charge in [-0.2, -0.15) is 0 Å². The highest BCUT2D eigenvalue weighted by molar-refractivity contribution is 5.95. The number of amides is 1. The van der Waals surface area contributed by atoms with E-state index in [1.165, 1.54) is 0 Å². The summed E-state index contributed by atoms with van der Waals surface area (Å²) >= 11 is 0. The number of hydrogen-bond donors (Lipinski definition) is 1. The van der Waals surface area contributed by atoms with Crippen molar-refractivity contribution in [3.05, 3.63) is 42.5 Å². The van der Waals surface area contributed by atoms with E-state index >= 15 is 0 Å². The standard InChI is InChI=1S/C17H19NO3/c19-17(12-20-11-16-6-3-9-21-16)18-15-8-7-13-4-1-2-5-14(13)10-15/h1-2,4-5,7-8,10,16H,3,6,9,11-12H2,(H,18,19). The van der Waals surface area contributed by atoms with Crippen molar-refractivity contribution in [1.82, 2.24) is 0 Å². The second-order valence-electron chi connectivity index (χ2n) is 5.26. The van der Waals surface area contributed by atoms with Crippen molar-refractivity contribution in [3.63, 3.8) is 0 Å². The van der Waals surface area contributed by atoms with E-state index in [9.17, 15) is 4.79 Å². The molecule has 4 heteroatoms. The lowest BCUT2D eigenvalue weighted by molar-refractivity contribution is -0.121. The summed E-state index contributed by atoms with van der Waals surface area (Å²) in [5.41, 5.74) is 0.791. The lowest BCUT2D eigenvalue weighted by atomic mass is 10.1. The van der Waals surface area contributed by atoms with Gasteiger partial charge in [-0.25, -0.2) is 0 Å². The van der Waals surface area contributed by atoms with E-state index in [0.717, 1.165) is 35.9 Å². The van der Waals surface area contributed by atoms with Crippen LogP contribution in [-0.4, -0.2) is 31.8 Å². The largest absolute Gasteiger partial charge is 0.376 e. The van der Waals surface area contributed by atoms with Crippen LogP contribution < -0.4 is 5.32 Å². The van der Waals surface area contributed by atoms with E-state index in [0.29, 0.717) is 6.61 Å². The van der Waals surface area contributed by atoms with Gasteiger partial charge in [0, 0.05) is 12.3 Å². The first-order valence-electron chi connectivity index (χ1n) is 7.29. The monoisotopic (exact) mass is 285 g/mol. The van der Waals surface area contributed by atoms with Crippen molar-refractivity contribution in [1.29, 1.82) is 0 Å². The Hall–Kier alpha value is -1.91. The van der Waals surface area contributed by atoms with Gasteiger partial charge in [-0.15, -0.1) is 0 Å². The zero-order chi connectivity index (χ0) is 14.5. The number of carbonyl (C=O) groups excluding carboxylic acids is 1. The summed E-state index contributed by atoms with van der Waals surface area (Å²) in [6, 6.07) is 13.9. The van der Waals surface area contributed by atoms with Gasteiger partial charge in [-0.1, -0.05) is 30.3 Å². The summed E-state index contributed by atoms with van der Waals surface area (Å²) < 4.78 is 10.8. The van der Waals surface area contributed by atoms with Crippen LogP contribution in [0.2, 0.25) is 0 Å². The molecule has 1 aliphatic heterocycles. The number of nitrogens with one attached hydrogen (secondary N) is 1. The summed E-state index contributed by atoms with van der Waals surface area (Å²) in [5, 5.41) is 5.12. The Morgan fingerprint density at radius 3 is 2.90 bits per heavy atom. The molecule has 1 fully saturated rings. The molecule has 0 radical (unpaired) electrons. The number of rotatable bonds is 5. The highest BCUT2D eigenvalue weighted by atomic mass is 16.5. The van der Waals surface area contributed by atoms with Gasteiger partial charge in [-0.3, -0.25) is 4.79 Å². The minimum atomic E-state index is -0.136. The average Bonchev–Trinajstić information content (AvgIpc) is 3.00. The topological polar surface area (TPSA) is 47.6 Å². The van der Waals surface area contributed by atoms with E-state index in [1.807, 2.05) is 42.5 Å². The molecular formula is C17H19NO3. The predicted octanol–water partition coefficient (Wildman–Crippen LogP) is 2.97. The molecule has 1 saturated heterocycles. The zero-order valence-corrected chi connectivity index (χ0v) is 11.9. The number of hydrogen-bond acceptors (Lipinski definition) is 3. The van der Waals surface area contributed by atoms with Crippen LogP contribution in [0, 0.1) is 0 Å². The van der Waals surface area contributed by atoms with Crippen molar-refractivity contribution >= 4 is 22.4 Å². The summed E-state index contributed by atoms with van der Waals surface area (Å²) in [6.45, 7) is 1.36. The molecule has 0 saturated carbocycles. The molecule has 1 unspecified atom stereocenters. The Morgan fingerprint density at radius 1 is 1.24 bits per heavy atom. The quantitative estimate of drug-likeness (QED) is 0.918. The third-order valence-electron chi connectivity index (χ3n) is 3.59. The van der Waals surface area contributed by atoms with Crippen LogP contribution in [0.3, 0.4) is 0 Å². The third-order valence-corrected chi connectivity index (χ3v) is 3.59. The number of ether oxygens (including phenoxy) is 2. The Bertz CT molecular complexity index is 620. The molecule has 1 heterocycles. The maximum absolute atomic E-state index is 11.8. The summed E-state index contributed by atoms with van der Waals surface area (Å²) in [5.74, 6) is -0.136. The lowest BCUT2D eigenvalue weighted by Crippen LogP contribution is -2.22. The molecule has 2 aromatic rings. The molecule has 2 aromatic carbocycles. The first-order valence-corrected chi connectivity index (χ1v) is 7.29. The molecular weight excluding hydrogens is 266 g/mol. The Kier molecular flexibility index (Phi) is 4.48. The number of carbonyl (C=O) groups is 1. The van der Waals surface area contributed by atoms with E-state index in [-0.39, 0.29) is 18.6 Å². The molecule has 0 bridgehead atoms. The number of benzene rings is 2. The van der Waals surface area contributed by atoms with Crippen molar-refractivity contribution in [2.45, 2.75) is 18.9 Å². The van der Waals surface area contributed by atoms with Gasteiger partial charge >= 0.3 is 0 Å². The van der Waals surface area contributed by atoms with Gasteiger partial charge in [0.05, 0.1) is 12.7 Å². The van der Waals surface area contributed by atoms with E-state index in [1.54, 1.807) is 0 Å². The smallest absolute Gasteiger partial charge is 0.250 e. The van der Waals surface area contributed by atoms with Gasteiger partial charge < -0.3 is 14.8 Å². The average molecular weight is 285 g/mol. The SMILES string of the molecule is O=C(COCC1CCCO1)Nc1ccc2ccccc2c1. The molecule has 0 aliphatic carbocycles. The molecule has 1 atom stereocenters. The minimum Gasteiger partial charge on any atom is -0.376 e. The van der Waals surface area contributed by atoms with Crippen molar-refractivity contribution < 1.29 is 14.3 Å². The third kappa shape index (κ3) is 3.80. The lowest BCUT2D eigenvalue weighted by Gasteiger charge is -2.10. The fourth-order valence-corrected chi connectivity index (χ4v) is 2.52. The van der Waals surface area contributed by atoms with Crippen LogP contribution in [0.15, 0.2) is 42.5 Å². The highest BCUT2D eigenvalue weighted by Gasteiger charge is 2.15. The predicted molar refractivity (Wildman–Crippen MR) is 82.4 cm³/mol. The molecule has 3 rings (SSSR count). The molecule has 1 amide bonds. The first-order chi connectivity index (χ1) is 10.3. The Balaban J connectivity index is 1.50. The molecule has 1 aliphatic rings. The maximum atomic E-state index is 11.8. The minimum absolute atomic E-state index is 0.0622. The van der Waals surface area contributed by atoms with Crippen LogP contribution in [0.25, 0.3) is 10.8 Å². The zero-order valence-electron chi connectivity index (χ0n) is 11.9. The van der Waals surface area contributed by atoms with Crippen LogP contribution in [0.4, 0.5) is 5.69 Å². The second kappa shape index (κ2) is 6.70. The molecule has 1 N–H and O–H groups in total. The van der Waals surface area contributed by atoms with Gasteiger partial charge in [0.2, 0.25) is 5.91 Å². The maximum Gasteiger partial charge on any atom is 0.250 e. The van der Waals surface area contributed by atoms with Gasteiger partial charge in [0.15, 0.2) is 0 Å². The van der Waals surface area contributed by atoms with Crippen molar-refractivity contribution in [2.24, 2.45) is 0 Å². The van der Waals surface area contributed by atoms with Crippen LogP contribution in [0.5, 0.6) is 0 Å². The number of fused-ring (bicyclic) bond motifs is 1. The Morgan fingerprint density at radius 2 is 2.10 bits per heavy atom. The normalized spacial score (nSPS) is 18.0. The van der Waals surface area contributed by atoms with E-state index in [2.05, 4.69) is 5.32 Å². The van der Waals surface area contributed by atoms with Gasteiger partial charge in [-0.05, 0) is 35.7 Å². The number of anilines is 1. The fraction of sp³-hybridized carbons (Fsp3) is 0.353. The van der Waals surface area contributed by atoms with Gasteiger partial charge in [0.1, 0.15) is 6.61 Å². The molecule has 0 aromatic heterocycles. The van der Waals surface area contributed by atoms with Crippen molar-refractivity contribution in [3.8, 4) is 0 Å². The molecule has 4 nitrogen and oxygen atoms in total. The summed E-state index contributed by atoms with van der Waals surface area (Å²) in [7, 11) is 0. The molecule has 0 spiro atoms. The second-order valence-corrected chi connectivity index (χ2v) is 5.26. The fourth-order valence-electron chi connectivity index (χ4n) is 2.52. The first kappa shape index (κ1) is 14.0. The molecule has 110 valence electrons. The van der Waals surface area contributed by atoms with Crippen LogP contribution in [-0.2, 0) is 14.3 Å². The van der Waals surface area contributed by atoms with Crippen LogP contribution in [0.1, 0.15) is 12.8 Å². The summed E-state index contributed by atoms with van der Waals surface area (Å²) in [6.07, 6.45) is 2.25. The van der Waals surface area contributed by atoms with Gasteiger partial charge in [0.25, 0.3) is 0 Å². The van der Waals surface area contributed by atoms with Crippen LogP contribution >= 0.6 is 0 Å². The van der Waals surface area contributed by atoms with Crippen molar-refractivity contribution in [2.75, 3.05) is 25.1 Å². The summed E-state index contributed by atoms with van der Waals surface area (Å²) in [4.78, 5) is 11.8. The van der Waals surface area contributed by atoms with E-state index < -0.39 is 0 Å². The molecule has 21 heavy (non-hydrogen) atoms.